The molecule has 124 valence electrons. The first kappa shape index (κ1) is 16.1. The van der Waals surface area contributed by atoms with Gasteiger partial charge in [0.1, 0.15) is 11.4 Å². The van der Waals surface area contributed by atoms with Gasteiger partial charge >= 0.3 is 0 Å². The molecule has 0 aliphatic rings. The number of rotatable bonds is 5. The minimum atomic E-state index is -3.29. The summed E-state index contributed by atoms with van der Waals surface area (Å²) in [5.74, 6) is 1.42. The molecule has 0 spiro atoms. The van der Waals surface area contributed by atoms with Gasteiger partial charge in [0.25, 0.3) is 0 Å². The Bertz CT molecular complexity index is 929. The van der Waals surface area contributed by atoms with Gasteiger partial charge in [0, 0.05) is 22.9 Å². The van der Waals surface area contributed by atoms with Gasteiger partial charge < -0.3 is 9.26 Å². The average molecular weight is 344 g/mol. The molecule has 0 atom stereocenters. The highest BCUT2D eigenvalue weighted by molar-refractivity contribution is 7.92. The molecule has 0 saturated carbocycles. The van der Waals surface area contributed by atoms with Gasteiger partial charge in [-0.25, -0.2) is 8.42 Å². The Hall–Kier alpha value is -2.80. The number of hydrogen-bond donors (Lipinski definition) is 1. The Balaban J connectivity index is 1.82. The number of nitrogens with one attached hydrogen (secondary N) is 1. The van der Waals surface area contributed by atoms with Gasteiger partial charge in [-0.15, -0.1) is 0 Å². The molecule has 3 aromatic rings. The number of benzene rings is 2. The number of nitrogens with zero attached hydrogens (tertiary/aromatic N) is 1. The van der Waals surface area contributed by atoms with Crippen molar-refractivity contribution in [1.29, 1.82) is 0 Å². The topological polar surface area (TPSA) is 81.4 Å². The number of sulfonamides is 1. The molecule has 1 N–H and O–H groups in total. The van der Waals surface area contributed by atoms with E-state index in [0.29, 0.717) is 17.1 Å². The normalized spacial score (nSPS) is 11.2. The molecule has 0 unspecified atom stereocenters. The molecule has 6 nitrogen and oxygen atoms in total. The summed E-state index contributed by atoms with van der Waals surface area (Å²) in [5.41, 5.74) is 2.90. The molecule has 1 aromatic heterocycles. The quantitative estimate of drug-likeness (QED) is 0.767. The second-order valence-corrected chi connectivity index (χ2v) is 7.00. The highest BCUT2D eigenvalue weighted by atomic mass is 32.2. The van der Waals surface area contributed by atoms with E-state index in [1.807, 2.05) is 30.3 Å². The summed E-state index contributed by atoms with van der Waals surface area (Å²) in [6.07, 6.45) is 1.11. The molecule has 0 aliphatic carbocycles. The molecule has 7 heteroatoms. The van der Waals surface area contributed by atoms with E-state index in [0.717, 1.165) is 23.1 Å². The van der Waals surface area contributed by atoms with Crippen LogP contribution in [0.3, 0.4) is 0 Å². The van der Waals surface area contributed by atoms with E-state index in [-0.39, 0.29) is 0 Å². The summed E-state index contributed by atoms with van der Waals surface area (Å²) in [6, 6.07) is 16.2. The zero-order valence-electron chi connectivity index (χ0n) is 13.2. The summed E-state index contributed by atoms with van der Waals surface area (Å²) in [6.45, 7) is 0. The number of ether oxygens (including phenoxy) is 1. The van der Waals surface area contributed by atoms with E-state index in [2.05, 4.69) is 9.88 Å². The fourth-order valence-corrected chi connectivity index (χ4v) is 2.79. The van der Waals surface area contributed by atoms with Gasteiger partial charge in [0.05, 0.1) is 13.4 Å². The van der Waals surface area contributed by atoms with E-state index in [1.54, 1.807) is 31.4 Å². The standard InChI is InChI=1S/C17H16N2O4S/c1-22-15-9-5-13(6-10-15)17-11-16(18-23-17)12-3-7-14(8-4-12)19-24(2,20)21/h3-11,19H,1-2H3. The highest BCUT2D eigenvalue weighted by Gasteiger charge is 2.09. The third-order valence-electron chi connectivity index (χ3n) is 3.37. The SMILES string of the molecule is COc1ccc(-c2cc(-c3ccc(NS(C)(=O)=O)cc3)no2)cc1. The smallest absolute Gasteiger partial charge is 0.229 e. The Kier molecular flexibility index (Phi) is 4.26. The molecule has 2 aromatic carbocycles. The van der Waals surface area contributed by atoms with Crippen molar-refractivity contribution in [3.63, 3.8) is 0 Å². The van der Waals surface area contributed by atoms with E-state index >= 15 is 0 Å². The predicted molar refractivity (Wildman–Crippen MR) is 92.4 cm³/mol. The average Bonchev–Trinajstić information content (AvgIpc) is 3.04. The van der Waals surface area contributed by atoms with Crippen molar-refractivity contribution in [1.82, 2.24) is 5.16 Å². The second kappa shape index (κ2) is 6.37. The van der Waals surface area contributed by atoms with Crippen LogP contribution in [0.1, 0.15) is 0 Å². The lowest BCUT2D eigenvalue weighted by atomic mass is 10.1. The van der Waals surface area contributed by atoms with Gasteiger partial charge in [-0.3, -0.25) is 4.72 Å². The van der Waals surface area contributed by atoms with Gasteiger partial charge in [-0.2, -0.15) is 0 Å². The molecular formula is C17H16N2O4S. The third kappa shape index (κ3) is 3.75. The maximum absolute atomic E-state index is 11.2. The first-order valence-electron chi connectivity index (χ1n) is 7.14. The lowest BCUT2D eigenvalue weighted by molar-refractivity contribution is 0.414. The maximum Gasteiger partial charge on any atom is 0.229 e. The molecule has 0 fully saturated rings. The number of hydrogen-bond acceptors (Lipinski definition) is 5. The van der Waals surface area contributed by atoms with Crippen molar-refractivity contribution in [2.45, 2.75) is 0 Å². The van der Waals surface area contributed by atoms with Crippen LogP contribution in [-0.4, -0.2) is 26.9 Å². The van der Waals surface area contributed by atoms with Crippen molar-refractivity contribution >= 4 is 15.7 Å². The van der Waals surface area contributed by atoms with Gasteiger partial charge in [-0.1, -0.05) is 17.3 Å². The molecule has 0 radical (unpaired) electrons. The van der Waals surface area contributed by atoms with E-state index < -0.39 is 10.0 Å². The number of anilines is 1. The van der Waals surface area contributed by atoms with Crippen LogP contribution in [-0.2, 0) is 10.0 Å². The van der Waals surface area contributed by atoms with Crippen LogP contribution in [0.25, 0.3) is 22.6 Å². The van der Waals surface area contributed by atoms with Crippen molar-refractivity contribution in [3.05, 3.63) is 54.6 Å². The number of methoxy groups -OCH3 is 1. The third-order valence-corrected chi connectivity index (χ3v) is 3.98. The Labute approximate surface area is 140 Å². The highest BCUT2D eigenvalue weighted by Crippen LogP contribution is 2.28. The summed E-state index contributed by atoms with van der Waals surface area (Å²) < 4.78 is 35.4. The summed E-state index contributed by atoms with van der Waals surface area (Å²) in [5, 5.41) is 4.06. The lowest BCUT2D eigenvalue weighted by Gasteiger charge is -2.03. The summed E-state index contributed by atoms with van der Waals surface area (Å²) >= 11 is 0. The maximum atomic E-state index is 11.2. The van der Waals surface area contributed by atoms with E-state index in [9.17, 15) is 8.42 Å². The van der Waals surface area contributed by atoms with Crippen LogP contribution >= 0.6 is 0 Å². The van der Waals surface area contributed by atoms with E-state index in [4.69, 9.17) is 9.26 Å². The molecule has 0 aliphatic heterocycles. The van der Waals surface area contributed by atoms with Gasteiger partial charge in [0.2, 0.25) is 10.0 Å². The first-order valence-corrected chi connectivity index (χ1v) is 9.03. The fourth-order valence-electron chi connectivity index (χ4n) is 2.23. The molecule has 0 amide bonds. The predicted octanol–water partition coefficient (Wildman–Crippen LogP) is 3.39. The zero-order chi connectivity index (χ0) is 17.2. The molecule has 0 bridgehead atoms. The van der Waals surface area contributed by atoms with Crippen LogP contribution in [0, 0.1) is 0 Å². The van der Waals surface area contributed by atoms with Crippen LogP contribution in [0.2, 0.25) is 0 Å². The fraction of sp³-hybridized carbons (Fsp3) is 0.118. The Morgan fingerprint density at radius 2 is 1.62 bits per heavy atom. The van der Waals surface area contributed by atoms with E-state index in [1.165, 1.54) is 0 Å². The summed E-state index contributed by atoms with van der Waals surface area (Å²) in [4.78, 5) is 0. The van der Waals surface area contributed by atoms with Crippen molar-refractivity contribution in [3.8, 4) is 28.3 Å². The zero-order valence-corrected chi connectivity index (χ0v) is 14.0. The monoisotopic (exact) mass is 344 g/mol. The Morgan fingerprint density at radius 3 is 2.21 bits per heavy atom. The summed E-state index contributed by atoms with van der Waals surface area (Å²) in [7, 11) is -1.67. The van der Waals surface area contributed by atoms with Gasteiger partial charge in [0.15, 0.2) is 5.76 Å². The number of aromatic nitrogens is 1. The van der Waals surface area contributed by atoms with Crippen molar-refractivity contribution in [2.75, 3.05) is 18.1 Å². The van der Waals surface area contributed by atoms with Crippen molar-refractivity contribution < 1.29 is 17.7 Å². The minimum absolute atomic E-state index is 0.500. The first-order chi connectivity index (χ1) is 11.4. The second-order valence-electron chi connectivity index (χ2n) is 5.26. The van der Waals surface area contributed by atoms with Crippen LogP contribution in [0.5, 0.6) is 5.75 Å². The van der Waals surface area contributed by atoms with Crippen LogP contribution in [0.15, 0.2) is 59.1 Å². The van der Waals surface area contributed by atoms with Crippen molar-refractivity contribution in [2.24, 2.45) is 0 Å². The molecule has 24 heavy (non-hydrogen) atoms. The molecule has 3 rings (SSSR count). The largest absolute Gasteiger partial charge is 0.497 e. The minimum Gasteiger partial charge on any atom is -0.497 e. The van der Waals surface area contributed by atoms with Crippen LogP contribution < -0.4 is 9.46 Å². The Morgan fingerprint density at radius 1 is 1.00 bits per heavy atom. The molecule has 0 saturated heterocycles. The van der Waals surface area contributed by atoms with Gasteiger partial charge in [-0.05, 0) is 36.4 Å². The van der Waals surface area contributed by atoms with Crippen LogP contribution in [0.4, 0.5) is 5.69 Å². The molecular weight excluding hydrogens is 328 g/mol. The lowest BCUT2D eigenvalue weighted by Crippen LogP contribution is -2.09. The molecule has 1 heterocycles.